The fourth-order valence-corrected chi connectivity index (χ4v) is 3.87. The van der Waals surface area contributed by atoms with Gasteiger partial charge in [-0.15, -0.1) is 0 Å². The number of H-pyrrole nitrogens is 1. The zero-order valence-corrected chi connectivity index (χ0v) is 16.9. The standard InChI is InChI=1S/C23H23F3N4O/c1-13(16-9-18(23(24,25)26)12-19(27)10-16)30-22(31)20-11-17(14-2-5-28-6-3-14)8-15-4-7-29-21(15)20/h2,4,7-13,28-29H,3,5-6,27H2,1H3,(H,30,31)/t13-/m1/s1. The molecule has 0 radical (unpaired) electrons. The number of nitrogen functional groups attached to an aromatic ring is 1. The lowest BCUT2D eigenvalue weighted by Crippen LogP contribution is -2.27. The molecular formula is C23H23F3N4O. The second-order valence-electron chi connectivity index (χ2n) is 7.73. The van der Waals surface area contributed by atoms with Crippen molar-refractivity contribution in [3.63, 3.8) is 0 Å². The molecule has 1 atom stereocenters. The van der Waals surface area contributed by atoms with Crippen LogP contribution in [0.3, 0.4) is 0 Å². The third-order valence-corrected chi connectivity index (χ3v) is 5.49. The number of rotatable bonds is 4. The smallest absolute Gasteiger partial charge is 0.399 e. The van der Waals surface area contributed by atoms with Crippen LogP contribution in [0.4, 0.5) is 18.9 Å². The van der Waals surface area contributed by atoms with Crippen molar-refractivity contribution < 1.29 is 18.0 Å². The molecule has 1 aromatic heterocycles. The maximum atomic E-state index is 13.1. The van der Waals surface area contributed by atoms with Gasteiger partial charge in [-0.25, -0.2) is 0 Å². The Balaban J connectivity index is 1.65. The highest BCUT2D eigenvalue weighted by Crippen LogP contribution is 2.33. The average Bonchev–Trinajstić information content (AvgIpc) is 3.21. The number of hydrogen-bond donors (Lipinski definition) is 4. The van der Waals surface area contributed by atoms with Gasteiger partial charge >= 0.3 is 6.18 Å². The SMILES string of the molecule is C[C@@H](NC(=O)c1cc(C2=CCNCC2)cc2cc[nH]c12)c1cc(N)cc(C(F)(F)F)c1. The molecule has 2 aromatic carbocycles. The first-order chi connectivity index (χ1) is 14.7. The summed E-state index contributed by atoms with van der Waals surface area (Å²) in [5, 5.41) is 6.98. The topological polar surface area (TPSA) is 82.9 Å². The molecule has 31 heavy (non-hydrogen) atoms. The second-order valence-corrected chi connectivity index (χ2v) is 7.73. The quantitative estimate of drug-likeness (QED) is 0.457. The number of halogens is 3. The highest BCUT2D eigenvalue weighted by Gasteiger charge is 2.31. The summed E-state index contributed by atoms with van der Waals surface area (Å²) in [6.45, 7) is 3.28. The second kappa shape index (κ2) is 8.11. The van der Waals surface area contributed by atoms with Crippen molar-refractivity contribution >= 4 is 28.1 Å². The number of nitrogens with two attached hydrogens (primary N) is 1. The van der Waals surface area contributed by atoms with E-state index in [4.69, 9.17) is 5.73 Å². The fraction of sp³-hybridized carbons (Fsp3) is 0.261. The number of fused-ring (bicyclic) bond motifs is 1. The Morgan fingerprint density at radius 2 is 2.00 bits per heavy atom. The van der Waals surface area contributed by atoms with Gasteiger partial charge < -0.3 is 21.4 Å². The maximum absolute atomic E-state index is 13.1. The van der Waals surface area contributed by atoms with Gasteiger partial charge in [0.05, 0.1) is 22.7 Å². The molecule has 5 nitrogen and oxygen atoms in total. The van der Waals surface area contributed by atoms with Gasteiger partial charge in [0.1, 0.15) is 0 Å². The minimum absolute atomic E-state index is 0.00229. The molecule has 0 saturated heterocycles. The molecule has 162 valence electrons. The Hall–Kier alpha value is -3.26. The van der Waals surface area contributed by atoms with Crippen LogP contribution in [0, 0.1) is 0 Å². The van der Waals surface area contributed by atoms with E-state index in [-0.39, 0.29) is 11.6 Å². The van der Waals surface area contributed by atoms with Crippen LogP contribution in [0.1, 0.15) is 46.4 Å². The molecule has 4 rings (SSSR count). The van der Waals surface area contributed by atoms with Crippen molar-refractivity contribution in [1.29, 1.82) is 0 Å². The number of aromatic nitrogens is 1. The van der Waals surface area contributed by atoms with Crippen molar-refractivity contribution in [2.24, 2.45) is 0 Å². The molecule has 1 aliphatic heterocycles. The Kier molecular flexibility index (Phi) is 5.49. The van der Waals surface area contributed by atoms with Gasteiger partial charge in [0.25, 0.3) is 5.91 Å². The first kappa shape index (κ1) is 21.0. The molecular weight excluding hydrogens is 405 g/mol. The van der Waals surface area contributed by atoms with E-state index in [0.717, 1.165) is 48.2 Å². The van der Waals surface area contributed by atoms with E-state index in [1.807, 2.05) is 18.2 Å². The van der Waals surface area contributed by atoms with Crippen LogP contribution in [-0.2, 0) is 6.18 Å². The zero-order valence-electron chi connectivity index (χ0n) is 16.9. The number of carbonyl (C=O) groups excluding carboxylic acids is 1. The molecule has 0 unspecified atom stereocenters. The van der Waals surface area contributed by atoms with E-state index in [9.17, 15) is 18.0 Å². The van der Waals surface area contributed by atoms with Crippen LogP contribution in [0.5, 0.6) is 0 Å². The van der Waals surface area contributed by atoms with Crippen molar-refractivity contribution in [3.05, 3.63) is 70.9 Å². The van der Waals surface area contributed by atoms with E-state index < -0.39 is 17.8 Å². The fourth-order valence-electron chi connectivity index (χ4n) is 3.87. The summed E-state index contributed by atoms with van der Waals surface area (Å²) in [6, 6.07) is 8.45. The highest BCUT2D eigenvalue weighted by atomic mass is 19.4. The molecule has 0 saturated carbocycles. The van der Waals surface area contributed by atoms with Crippen molar-refractivity contribution in [2.45, 2.75) is 25.6 Å². The van der Waals surface area contributed by atoms with Crippen LogP contribution in [0.15, 0.2) is 48.7 Å². The summed E-state index contributed by atoms with van der Waals surface area (Å²) >= 11 is 0. The summed E-state index contributed by atoms with van der Waals surface area (Å²) in [7, 11) is 0. The van der Waals surface area contributed by atoms with Crippen LogP contribution in [-0.4, -0.2) is 24.0 Å². The van der Waals surface area contributed by atoms with Crippen LogP contribution < -0.4 is 16.4 Å². The summed E-state index contributed by atoms with van der Waals surface area (Å²) < 4.78 is 39.4. The molecule has 3 aromatic rings. The maximum Gasteiger partial charge on any atom is 0.416 e. The van der Waals surface area contributed by atoms with E-state index in [1.165, 1.54) is 6.07 Å². The highest BCUT2D eigenvalue weighted by molar-refractivity contribution is 6.07. The predicted octanol–water partition coefficient (Wildman–Crippen LogP) is 4.64. The summed E-state index contributed by atoms with van der Waals surface area (Å²) in [6.07, 6.45) is 0.212. The first-order valence-corrected chi connectivity index (χ1v) is 10.0. The van der Waals surface area contributed by atoms with Crippen LogP contribution in [0.2, 0.25) is 0 Å². The molecule has 2 heterocycles. The molecule has 5 N–H and O–H groups in total. The number of alkyl halides is 3. The lowest BCUT2D eigenvalue weighted by molar-refractivity contribution is -0.137. The molecule has 1 aliphatic rings. The zero-order chi connectivity index (χ0) is 22.2. The van der Waals surface area contributed by atoms with E-state index >= 15 is 0 Å². The average molecular weight is 428 g/mol. The van der Waals surface area contributed by atoms with Crippen LogP contribution >= 0.6 is 0 Å². The molecule has 0 fully saturated rings. The summed E-state index contributed by atoms with van der Waals surface area (Å²) in [5.74, 6) is -0.368. The molecule has 0 aliphatic carbocycles. The lowest BCUT2D eigenvalue weighted by atomic mass is 9.96. The minimum atomic E-state index is -4.51. The summed E-state index contributed by atoms with van der Waals surface area (Å²) in [4.78, 5) is 16.2. The van der Waals surface area contributed by atoms with E-state index in [2.05, 4.69) is 21.7 Å². The number of benzene rings is 2. The van der Waals surface area contributed by atoms with Gasteiger partial charge in [-0.05, 0) is 73.0 Å². The number of anilines is 1. The van der Waals surface area contributed by atoms with Gasteiger partial charge in [0.2, 0.25) is 0 Å². The number of hydrogen-bond acceptors (Lipinski definition) is 3. The normalized spacial score (nSPS) is 15.5. The van der Waals surface area contributed by atoms with Gasteiger partial charge in [-0.1, -0.05) is 6.08 Å². The number of amides is 1. The van der Waals surface area contributed by atoms with Crippen molar-refractivity contribution in [3.8, 4) is 0 Å². The van der Waals surface area contributed by atoms with Gasteiger partial charge in [0.15, 0.2) is 0 Å². The van der Waals surface area contributed by atoms with E-state index in [0.29, 0.717) is 16.6 Å². The Morgan fingerprint density at radius 3 is 2.71 bits per heavy atom. The third kappa shape index (κ3) is 4.44. The minimum Gasteiger partial charge on any atom is -0.399 e. The Morgan fingerprint density at radius 1 is 1.19 bits per heavy atom. The largest absolute Gasteiger partial charge is 0.416 e. The monoisotopic (exact) mass is 428 g/mol. The molecule has 0 bridgehead atoms. The van der Waals surface area contributed by atoms with Crippen molar-refractivity contribution in [1.82, 2.24) is 15.6 Å². The molecule has 8 heteroatoms. The first-order valence-electron chi connectivity index (χ1n) is 10.0. The predicted molar refractivity (Wildman–Crippen MR) is 116 cm³/mol. The summed E-state index contributed by atoms with van der Waals surface area (Å²) in [5.41, 5.74) is 8.39. The Bertz CT molecular complexity index is 1160. The lowest BCUT2D eigenvalue weighted by Gasteiger charge is -2.19. The van der Waals surface area contributed by atoms with Crippen LogP contribution in [0.25, 0.3) is 16.5 Å². The number of aromatic amines is 1. The van der Waals surface area contributed by atoms with Gasteiger partial charge in [0, 0.05) is 23.8 Å². The number of carbonyl (C=O) groups is 1. The Labute approximate surface area is 177 Å². The van der Waals surface area contributed by atoms with E-state index in [1.54, 1.807) is 13.1 Å². The third-order valence-electron chi connectivity index (χ3n) is 5.49. The number of nitrogens with one attached hydrogen (secondary N) is 3. The molecule has 0 spiro atoms. The van der Waals surface area contributed by atoms with Gasteiger partial charge in [-0.2, -0.15) is 13.2 Å². The molecule has 1 amide bonds. The van der Waals surface area contributed by atoms with Crippen molar-refractivity contribution in [2.75, 3.05) is 18.8 Å². The van der Waals surface area contributed by atoms with Gasteiger partial charge in [-0.3, -0.25) is 4.79 Å².